The molecule has 5 aliphatic rings. The van der Waals surface area contributed by atoms with Crippen molar-refractivity contribution in [2.75, 3.05) is 102 Å². The van der Waals surface area contributed by atoms with Crippen molar-refractivity contribution in [2.45, 2.75) is 140 Å². The number of carbonyl (C=O) groups excluding carboxylic acids is 1. The van der Waals surface area contributed by atoms with Crippen LogP contribution < -0.4 is 49.7 Å². The number of pyridine rings is 8. The highest BCUT2D eigenvalue weighted by Gasteiger charge is 2.52. The molecule has 0 unspecified atom stereocenters. The molecule has 1 fully saturated rings. The van der Waals surface area contributed by atoms with Crippen LogP contribution in [0.4, 0.5) is 51.2 Å². The minimum atomic E-state index is -0.881. The Hall–Kier alpha value is -12.5. The van der Waals surface area contributed by atoms with Crippen LogP contribution in [-0.2, 0) is 22.9 Å². The topological polar surface area (TPSA) is 474 Å². The van der Waals surface area contributed by atoms with Crippen LogP contribution in [0.15, 0.2) is 222 Å². The summed E-state index contributed by atoms with van der Waals surface area (Å²) >= 11 is 25.8. The molecule has 0 spiro atoms. The number of carbonyl (C=O) groups is 1. The molecule has 136 heavy (non-hydrogen) atoms. The van der Waals surface area contributed by atoms with Gasteiger partial charge in [0.15, 0.2) is 6.19 Å². The number of nitrogens with one attached hydrogen (secondary N) is 1. The molecule has 0 atom stereocenters. The highest BCUT2D eigenvalue weighted by molar-refractivity contribution is 9.12. The molecule has 14 N–H and O–H groups in total. The van der Waals surface area contributed by atoms with Crippen molar-refractivity contribution < 1.29 is 23.6 Å². The third kappa shape index (κ3) is 36.3. The second-order valence-corrected chi connectivity index (χ2v) is 35.1. The van der Waals surface area contributed by atoms with Crippen molar-refractivity contribution in [1.29, 1.82) is 10.5 Å². The molecule has 0 aliphatic carbocycles. The van der Waals surface area contributed by atoms with E-state index in [1.807, 2.05) is 127 Å². The first-order chi connectivity index (χ1) is 64.4. The monoisotopic (exact) mass is 2050 g/mol. The van der Waals surface area contributed by atoms with E-state index in [9.17, 15) is 9.18 Å². The zero-order valence-corrected chi connectivity index (χ0v) is 83.9. The summed E-state index contributed by atoms with van der Waals surface area (Å²) in [7, 11) is 1.41. The van der Waals surface area contributed by atoms with E-state index >= 15 is 0 Å². The molecule has 0 radical (unpaired) electrons. The van der Waals surface area contributed by atoms with Gasteiger partial charge < -0.3 is 63.5 Å². The predicted molar refractivity (Wildman–Crippen MR) is 554 cm³/mol. The van der Waals surface area contributed by atoms with Crippen LogP contribution in [0, 0.1) is 41.4 Å². The summed E-state index contributed by atoms with van der Waals surface area (Å²) < 4.78 is 25.6. The lowest BCUT2D eigenvalue weighted by Gasteiger charge is -2.32. The van der Waals surface area contributed by atoms with Gasteiger partial charge in [0.05, 0.1) is 40.7 Å². The normalized spacial score (nSPS) is 14.4. The zero-order chi connectivity index (χ0) is 98.9. The van der Waals surface area contributed by atoms with E-state index in [1.165, 1.54) is 83.8 Å². The van der Waals surface area contributed by atoms with Crippen molar-refractivity contribution in [2.24, 2.45) is 7.05 Å². The number of nitrogens with two attached hydrogens (primary N) is 6. The molecule has 1 saturated heterocycles. The summed E-state index contributed by atoms with van der Waals surface area (Å²) in [4.78, 5) is 54.7. The molecule has 15 heterocycles. The average Bonchev–Trinajstić information content (AvgIpc) is 1.63. The number of benzene rings is 2. The Morgan fingerprint density at radius 2 is 0.985 bits per heavy atom. The number of tetrazole rings is 2. The van der Waals surface area contributed by atoms with Gasteiger partial charge in [-0.05, 0) is 299 Å². The van der Waals surface area contributed by atoms with Crippen molar-refractivity contribution in [3.8, 4) is 22.3 Å². The average molecular weight is 2060 g/mol. The number of hydrogen-bond donors (Lipinski definition) is 8. The number of nitrogens with zero attached hydrogens (tertiary/aromatic N) is 21. The Kier molecular flexibility index (Phi) is 46.9. The van der Waals surface area contributed by atoms with Crippen LogP contribution in [0.2, 0.25) is 5.02 Å². The van der Waals surface area contributed by atoms with Gasteiger partial charge in [-0.15, -0.1) is 33.4 Å². The first kappa shape index (κ1) is 112. The second kappa shape index (κ2) is 56.8. The predicted octanol–water partition coefficient (Wildman–Crippen LogP) is 18.0. The van der Waals surface area contributed by atoms with Gasteiger partial charge in [-0.1, -0.05) is 94.0 Å². The quantitative estimate of drug-likeness (QED) is 0.0258. The van der Waals surface area contributed by atoms with Crippen molar-refractivity contribution in [3.63, 3.8) is 0 Å². The molecule has 17 rings (SSSR count). The molecule has 0 amide bonds. The van der Waals surface area contributed by atoms with E-state index in [2.05, 4.69) is 193 Å². The molecule has 10 aromatic heterocycles. The maximum Gasteiger partial charge on any atom is 0.496 e. The molecular formula is C96H118BBr2Cl4FN28O4. The number of H-pyrrole nitrogens is 1. The van der Waals surface area contributed by atoms with Crippen molar-refractivity contribution >= 4 is 165 Å². The number of anilines is 8. The summed E-state index contributed by atoms with van der Waals surface area (Å²) in [6.07, 6.45) is 24.0. The lowest BCUT2D eigenvalue weighted by molar-refractivity contribution is 0.00578. The first-order valence-electron chi connectivity index (χ1n) is 42.6. The van der Waals surface area contributed by atoms with Crippen LogP contribution >= 0.6 is 78.3 Å². The summed E-state index contributed by atoms with van der Waals surface area (Å²) in [5, 5.41) is 49.9. The lowest BCUT2D eigenvalue weighted by atomic mass is 9.80. The number of rotatable bonds is 11. The van der Waals surface area contributed by atoms with E-state index in [4.69, 9.17) is 106 Å². The summed E-state index contributed by atoms with van der Waals surface area (Å²) in [5.74, 6) is 3.81. The number of aliphatic hydroxyl groups is 1. The smallest absolute Gasteiger partial charge is 0.399 e. The Morgan fingerprint density at radius 1 is 0.566 bits per heavy atom. The van der Waals surface area contributed by atoms with Gasteiger partial charge in [0, 0.05) is 157 Å². The molecule has 32 nitrogen and oxygen atoms in total. The molecule has 718 valence electrons. The highest BCUT2D eigenvalue weighted by Crippen LogP contribution is 2.38. The minimum Gasteiger partial charge on any atom is -0.399 e. The molecule has 2 aromatic carbocycles. The maximum absolute atomic E-state index is 12.7. The lowest BCUT2D eigenvalue weighted by Crippen LogP contribution is -2.41. The van der Waals surface area contributed by atoms with Crippen LogP contribution in [0.3, 0.4) is 0 Å². The zero-order valence-electron chi connectivity index (χ0n) is 77.7. The van der Waals surface area contributed by atoms with Gasteiger partial charge in [-0.25, -0.2) is 34.3 Å². The van der Waals surface area contributed by atoms with Crippen LogP contribution in [0.5, 0.6) is 0 Å². The maximum atomic E-state index is 12.7. The molecule has 5 aliphatic heterocycles. The number of aromatic nitrogens is 16. The first-order valence-corrected chi connectivity index (χ1v) is 46.0. The number of aromatic amines is 1. The largest absolute Gasteiger partial charge is 0.496 e. The molecule has 0 saturated carbocycles. The van der Waals surface area contributed by atoms with E-state index in [-0.39, 0.29) is 47.8 Å². The number of halogens is 7. The van der Waals surface area contributed by atoms with Crippen molar-refractivity contribution in [3.05, 3.63) is 278 Å². The van der Waals surface area contributed by atoms with Gasteiger partial charge >= 0.3 is 7.12 Å². The van der Waals surface area contributed by atoms with Gasteiger partial charge in [-0.2, -0.15) is 20.5 Å². The molecule has 0 bridgehead atoms. The van der Waals surface area contributed by atoms with Crippen LogP contribution in [0.25, 0.3) is 33.4 Å². The fourth-order valence-corrected chi connectivity index (χ4v) is 14.0. The second-order valence-electron chi connectivity index (χ2n) is 32.3. The molecule has 40 heteroatoms. The van der Waals surface area contributed by atoms with E-state index in [0.29, 0.717) is 53.3 Å². The van der Waals surface area contributed by atoms with Gasteiger partial charge in [0.25, 0.3) is 17.1 Å². The number of nitrogen functional groups attached to an aromatic ring is 6. The van der Waals surface area contributed by atoms with Gasteiger partial charge in [0.2, 0.25) is 0 Å². The summed E-state index contributed by atoms with van der Waals surface area (Å²) in [6.45, 7) is 32.2. The SMILES string of the molecule is C.CC(C)O.CC1(C)OB(c2ccc(N)nc2)OC1(C)C.CC1=C(c2ccc(N)nc2)CN(C#N)CC1.CC1=C(c2ccc(N)nc2)CN(Cc2ccccc2)CC1.CC1=C(c2ccc(N)nc2)CN(c2nn[nH]n2)CC1.CC1=C(c2ccc(N)nc2)CN(c2nnn(C)n2)CC1.Cc1ccncc1-c1ccc(N)nc1.Cc1ccncc1Br.ClCCl.N#CBr.O=C(Cl)c1c(F)cccc1Cl. The van der Waals surface area contributed by atoms with E-state index < -0.39 is 11.1 Å². The Labute approximate surface area is 832 Å². The Bertz CT molecular complexity index is 5860. The molecule has 12 aromatic rings. The van der Waals surface area contributed by atoms with E-state index in [1.54, 1.807) is 86.2 Å². The minimum absolute atomic E-state index is 0. The van der Waals surface area contributed by atoms with Crippen LogP contribution in [-0.4, -0.2) is 183 Å². The Balaban J connectivity index is 0.000000237. The molecular weight excluding hydrogens is 1940 g/mol. The fourth-order valence-electron chi connectivity index (χ4n) is 13.3. The fraction of sp³-hybridized carbons (Fsp3) is 0.323. The van der Waals surface area contributed by atoms with Crippen molar-refractivity contribution in [1.82, 2.24) is 90.5 Å². The standard InChI is InChI=1S/C18H21N3.C13H17N7.C12H15N7.C12H14N4.C11H17BN2O2.C11H11N3.C7H3Cl2FO.C6H6BrN.C3H8O.CBrN.CH2Cl2.CH4/c1-14-9-10-21(12-15-5-3-2-4-6-15)13-17(14)16-7-8-18(19)20-11-16;1-9-5-6-20(13-16-18-19(2)17-13)8-11(9)10-3-4-12(14)15-7-10;1-8-4-5-19(12-15-17-18-16-12)7-10(8)9-2-3-11(13)14-6-9;1-9-4-5-16(8-13)7-11(9)10-2-3-12(14)15-6-10;1-10(2)11(3,4)16-12(15-10)8-5-6-9(13)14-7-8;1-8-4-5-13-7-10(8)9-2-3-11(12)14-6-9;8-4-2-1-3-5(10)6(4)7(9)11;1-5-2-3-8-4-6(5)7;1-3(2)4;2*2-1-3;/h2-8,11H,9-10,12-13H2,1H3,(H2,19,20);3-4,7H,5-6,8H2,1-2H3,(H2,14,15);2-3,6H,4-5,7H2,1H3,(H2,13,14)(H,15,16,17,18);2-3,6H,4-5,7H2,1H3,(H2,14,15);5-7H,1-4H3,(H2,13,14);2-7H,1H3,(H2,12,14);1-3H;2-4H,1H3;3-4H,1-2H3;;1H2;1H4. The van der Waals surface area contributed by atoms with E-state index in [0.717, 1.165) is 122 Å². The number of hydrogen-bond acceptors (Lipinski definition) is 30. The Morgan fingerprint density at radius 3 is 1.36 bits per heavy atom. The number of nitriles is 2. The van der Waals surface area contributed by atoms with Gasteiger partial charge in [-0.3, -0.25) is 19.7 Å². The number of aliphatic hydroxyl groups excluding tert-OH is 1. The number of alkyl halides is 2. The third-order valence-corrected chi connectivity index (χ3v) is 22.8. The summed E-state index contributed by atoms with van der Waals surface area (Å²) in [6, 6.07) is 41.3. The van der Waals surface area contributed by atoms with Gasteiger partial charge in [0.1, 0.15) is 45.7 Å². The summed E-state index contributed by atoms with van der Waals surface area (Å²) in [5.41, 5.74) is 54.6. The van der Waals surface area contributed by atoms with Crippen LogP contribution in [0.1, 0.15) is 152 Å². The number of aryl methyl sites for hydroxylation is 3. The highest BCUT2D eigenvalue weighted by atomic mass is 79.9. The third-order valence-electron chi connectivity index (χ3n) is 21.5.